The molecule has 144 valence electrons. The molecule has 2 aromatic rings. The highest BCUT2D eigenvalue weighted by molar-refractivity contribution is 5.98. The topological polar surface area (TPSA) is 81.4 Å². The number of carbonyl (C=O) groups is 2. The fourth-order valence-electron chi connectivity index (χ4n) is 3.64. The molecule has 0 unspecified atom stereocenters. The number of rotatable bonds is 5. The number of nitrogens with one attached hydrogen (secondary N) is 1. The molecule has 1 aromatic carbocycles. The molecule has 3 rings (SSSR count). The van der Waals surface area contributed by atoms with Crippen LogP contribution < -0.4 is 5.32 Å². The number of carbonyl (C=O) groups excluding carboxylic acids is 2. The first-order valence-electron chi connectivity index (χ1n) is 9.45. The van der Waals surface area contributed by atoms with Gasteiger partial charge in [0.15, 0.2) is 6.61 Å². The third kappa shape index (κ3) is 4.38. The summed E-state index contributed by atoms with van der Waals surface area (Å²) in [6.07, 6.45) is 3.27. The van der Waals surface area contributed by atoms with Gasteiger partial charge in [-0.2, -0.15) is 0 Å². The molecule has 1 aliphatic carbocycles. The Kier molecular flexibility index (Phi) is 5.94. The summed E-state index contributed by atoms with van der Waals surface area (Å²) in [5.41, 5.74) is 1.44. The number of hydrogen-bond donors (Lipinski definition) is 1. The highest BCUT2D eigenvalue weighted by Gasteiger charge is 2.29. The number of ether oxygens (including phenoxy) is 1. The van der Waals surface area contributed by atoms with Crippen LogP contribution in [0.2, 0.25) is 0 Å². The van der Waals surface area contributed by atoms with Gasteiger partial charge in [0.1, 0.15) is 17.0 Å². The summed E-state index contributed by atoms with van der Waals surface area (Å²) in [6.45, 7) is 5.71. The van der Waals surface area contributed by atoms with Crippen LogP contribution in [0.15, 0.2) is 34.9 Å². The first kappa shape index (κ1) is 19.1. The van der Waals surface area contributed by atoms with Crippen molar-refractivity contribution in [3.8, 4) is 11.3 Å². The second-order valence-electron chi connectivity index (χ2n) is 7.35. The van der Waals surface area contributed by atoms with Crippen molar-refractivity contribution in [1.29, 1.82) is 0 Å². The molecule has 0 spiro atoms. The maximum absolute atomic E-state index is 12.5. The second kappa shape index (κ2) is 8.37. The van der Waals surface area contributed by atoms with Crippen LogP contribution in [0.4, 0.5) is 0 Å². The van der Waals surface area contributed by atoms with Crippen molar-refractivity contribution < 1.29 is 18.8 Å². The Morgan fingerprint density at radius 3 is 2.70 bits per heavy atom. The van der Waals surface area contributed by atoms with Crippen LogP contribution in [-0.2, 0) is 9.53 Å². The van der Waals surface area contributed by atoms with Crippen LogP contribution in [0, 0.1) is 18.8 Å². The van der Waals surface area contributed by atoms with Crippen molar-refractivity contribution >= 4 is 11.9 Å². The maximum atomic E-state index is 12.5. The second-order valence-corrected chi connectivity index (χ2v) is 7.35. The zero-order valence-corrected chi connectivity index (χ0v) is 16.0. The first-order chi connectivity index (χ1) is 13.0. The van der Waals surface area contributed by atoms with Gasteiger partial charge >= 0.3 is 5.97 Å². The Bertz CT molecular complexity index is 800. The molecule has 1 fully saturated rings. The van der Waals surface area contributed by atoms with Crippen molar-refractivity contribution in [3.63, 3.8) is 0 Å². The maximum Gasteiger partial charge on any atom is 0.344 e. The lowest BCUT2D eigenvalue weighted by molar-refractivity contribution is -0.125. The van der Waals surface area contributed by atoms with Crippen molar-refractivity contribution in [2.24, 2.45) is 11.8 Å². The van der Waals surface area contributed by atoms with Crippen LogP contribution in [-0.4, -0.2) is 29.7 Å². The number of nitrogens with zero attached hydrogens (tertiary/aromatic N) is 1. The van der Waals surface area contributed by atoms with Crippen LogP contribution in [0.25, 0.3) is 11.3 Å². The number of esters is 1. The highest BCUT2D eigenvalue weighted by atomic mass is 16.5. The molecule has 1 aromatic heterocycles. The summed E-state index contributed by atoms with van der Waals surface area (Å²) >= 11 is 0. The normalized spacial score (nSPS) is 22.3. The van der Waals surface area contributed by atoms with E-state index in [2.05, 4.69) is 24.3 Å². The van der Waals surface area contributed by atoms with Crippen molar-refractivity contribution in [3.05, 3.63) is 41.7 Å². The Balaban J connectivity index is 1.61. The van der Waals surface area contributed by atoms with E-state index in [0.29, 0.717) is 23.3 Å². The molecule has 0 aliphatic heterocycles. The summed E-state index contributed by atoms with van der Waals surface area (Å²) in [7, 11) is 0. The van der Waals surface area contributed by atoms with E-state index in [0.717, 1.165) is 18.4 Å². The first-order valence-corrected chi connectivity index (χ1v) is 9.45. The molecular formula is C21H26N2O4. The van der Waals surface area contributed by atoms with E-state index in [4.69, 9.17) is 9.26 Å². The molecule has 1 amide bonds. The number of benzene rings is 1. The summed E-state index contributed by atoms with van der Waals surface area (Å²) in [4.78, 5) is 24.8. The van der Waals surface area contributed by atoms with Gasteiger partial charge in [-0.1, -0.05) is 62.2 Å². The Labute approximate surface area is 159 Å². The van der Waals surface area contributed by atoms with Crippen LogP contribution in [0.3, 0.4) is 0 Å². The molecule has 6 nitrogen and oxygen atoms in total. The molecule has 0 radical (unpaired) electrons. The zero-order chi connectivity index (χ0) is 19.4. The SMILES string of the molecule is Cc1onc(-c2ccccc2)c1C(=O)OCC(=O)N[C@H]1CCC[C@H](C)[C@@H]1C. The predicted octanol–water partition coefficient (Wildman–Crippen LogP) is 3.75. The Morgan fingerprint density at radius 2 is 1.96 bits per heavy atom. The van der Waals surface area contributed by atoms with Gasteiger partial charge in [0.05, 0.1) is 0 Å². The van der Waals surface area contributed by atoms with Gasteiger partial charge < -0.3 is 14.6 Å². The molecule has 0 bridgehead atoms. The summed E-state index contributed by atoms with van der Waals surface area (Å²) in [6, 6.07) is 9.41. The highest BCUT2D eigenvalue weighted by Crippen LogP contribution is 2.29. The van der Waals surface area contributed by atoms with E-state index >= 15 is 0 Å². The molecule has 0 saturated heterocycles. The van der Waals surface area contributed by atoms with Gasteiger partial charge in [-0.25, -0.2) is 4.79 Å². The van der Waals surface area contributed by atoms with E-state index in [-0.39, 0.29) is 24.1 Å². The predicted molar refractivity (Wildman–Crippen MR) is 101 cm³/mol. The van der Waals surface area contributed by atoms with Gasteiger partial charge in [0.25, 0.3) is 5.91 Å². The number of aryl methyl sites for hydroxylation is 1. The van der Waals surface area contributed by atoms with Gasteiger partial charge in [-0.05, 0) is 25.2 Å². The van der Waals surface area contributed by atoms with E-state index in [1.165, 1.54) is 6.42 Å². The third-order valence-electron chi connectivity index (χ3n) is 5.50. The van der Waals surface area contributed by atoms with E-state index in [1.807, 2.05) is 30.3 Å². The Hall–Kier alpha value is -2.63. The Morgan fingerprint density at radius 1 is 1.22 bits per heavy atom. The standard InChI is InChI=1S/C21H26N2O4/c1-13-8-7-11-17(14(13)2)22-18(24)12-26-21(25)19-15(3)27-23-20(19)16-9-5-4-6-10-16/h4-6,9-10,13-14,17H,7-8,11-12H2,1-3H3,(H,22,24)/t13-,14-,17-/m0/s1. The summed E-state index contributed by atoms with van der Waals surface area (Å²) in [5, 5.41) is 6.98. The lowest BCUT2D eigenvalue weighted by Crippen LogP contribution is -2.45. The van der Waals surface area contributed by atoms with E-state index < -0.39 is 5.97 Å². The minimum absolute atomic E-state index is 0.136. The fourth-order valence-corrected chi connectivity index (χ4v) is 3.64. The van der Waals surface area contributed by atoms with E-state index in [9.17, 15) is 9.59 Å². The summed E-state index contributed by atoms with van der Waals surface area (Å²) in [5.74, 6) is 0.495. The summed E-state index contributed by atoms with van der Waals surface area (Å²) < 4.78 is 10.4. The van der Waals surface area contributed by atoms with Gasteiger partial charge in [-0.3, -0.25) is 4.79 Å². The largest absolute Gasteiger partial charge is 0.452 e. The monoisotopic (exact) mass is 370 g/mol. The number of amides is 1. The zero-order valence-electron chi connectivity index (χ0n) is 16.0. The fraction of sp³-hybridized carbons (Fsp3) is 0.476. The van der Waals surface area contributed by atoms with Gasteiger partial charge in [-0.15, -0.1) is 0 Å². The smallest absolute Gasteiger partial charge is 0.344 e. The quantitative estimate of drug-likeness (QED) is 0.811. The molecule has 1 aliphatic rings. The molecule has 1 N–H and O–H groups in total. The minimum Gasteiger partial charge on any atom is -0.452 e. The van der Waals surface area contributed by atoms with Crippen molar-refractivity contribution in [2.75, 3.05) is 6.61 Å². The van der Waals surface area contributed by atoms with Crippen molar-refractivity contribution in [2.45, 2.75) is 46.1 Å². The molecule has 1 heterocycles. The third-order valence-corrected chi connectivity index (χ3v) is 5.50. The lowest BCUT2D eigenvalue weighted by Gasteiger charge is -2.34. The average Bonchev–Trinajstić information content (AvgIpc) is 3.06. The van der Waals surface area contributed by atoms with E-state index in [1.54, 1.807) is 6.92 Å². The molecule has 27 heavy (non-hydrogen) atoms. The van der Waals surface area contributed by atoms with Gasteiger partial charge in [0.2, 0.25) is 0 Å². The minimum atomic E-state index is -0.604. The number of aromatic nitrogens is 1. The molecule has 3 atom stereocenters. The lowest BCUT2D eigenvalue weighted by atomic mass is 9.78. The van der Waals surface area contributed by atoms with Crippen LogP contribution in [0.5, 0.6) is 0 Å². The van der Waals surface area contributed by atoms with Crippen molar-refractivity contribution in [1.82, 2.24) is 10.5 Å². The van der Waals surface area contributed by atoms with Crippen LogP contribution in [0.1, 0.15) is 49.2 Å². The molecule has 6 heteroatoms. The van der Waals surface area contributed by atoms with Gasteiger partial charge in [0, 0.05) is 11.6 Å². The van der Waals surface area contributed by atoms with Crippen LogP contribution >= 0.6 is 0 Å². The average molecular weight is 370 g/mol. The number of hydrogen-bond acceptors (Lipinski definition) is 5. The molecular weight excluding hydrogens is 344 g/mol. The molecule has 1 saturated carbocycles.